The second-order valence-corrected chi connectivity index (χ2v) is 6.04. The van der Waals surface area contributed by atoms with Gasteiger partial charge in [-0.2, -0.15) is 5.26 Å². The second-order valence-electron chi connectivity index (χ2n) is 5.19. The molecule has 2 N–H and O–H groups in total. The maximum Gasteiger partial charge on any atom is 0.258 e. The fourth-order valence-corrected chi connectivity index (χ4v) is 2.60. The highest BCUT2D eigenvalue weighted by molar-refractivity contribution is 9.10. The lowest BCUT2D eigenvalue weighted by molar-refractivity contribution is -0.125. The number of nitriles is 1. The Balaban J connectivity index is 1.88. The number of anilines is 1. The molecule has 0 aliphatic heterocycles. The molecule has 140 valence electrons. The zero-order chi connectivity index (χ0) is 19.6. The summed E-state index contributed by atoms with van der Waals surface area (Å²) in [6.07, 6.45) is 3.09. The van der Waals surface area contributed by atoms with Crippen molar-refractivity contribution >= 4 is 33.4 Å². The van der Waals surface area contributed by atoms with Crippen LogP contribution in [0.25, 0.3) is 0 Å². The van der Waals surface area contributed by atoms with Crippen molar-refractivity contribution in [3.63, 3.8) is 0 Å². The fourth-order valence-electron chi connectivity index (χ4n) is 2.05. The Morgan fingerprint density at radius 3 is 2.78 bits per heavy atom. The summed E-state index contributed by atoms with van der Waals surface area (Å²) in [5.74, 6) is -0.197. The molecule has 8 nitrogen and oxygen atoms in total. The lowest BCUT2D eigenvalue weighted by Crippen LogP contribution is -2.35. The van der Waals surface area contributed by atoms with Gasteiger partial charge in [-0.25, -0.2) is 0 Å². The van der Waals surface area contributed by atoms with Gasteiger partial charge in [0.05, 0.1) is 41.1 Å². The van der Waals surface area contributed by atoms with Crippen LogP contribution in [0.15, 0.2) is 41.1 Å². The highest BCUT2D eigenvalue weighted by Crippen LogP contribution is 2.36. The summed E-state index contributed by atoms with van der Waals surface area (Å²) >= 11 is 3.30. The predicted octanol–water partition coefficient (Wildman–Crippen LogP) is 2.25. The van der Waals surface area contributed by atoms with Gasteiger partial charge in [0.1, 0.15) is 0 Å². The third kappa shape index (κ3) is 6.27. The molecular weight excluding hydrogens is 416 g/mol. The van der Waals surface area contributed by atoms with E-state index in [1.807, 2.05) is 6.07 Å². The van der Waals surface area contributed by atoms with Crippen LogP contribution in [-0.4, -0.2) is 36.6 Å². The number of hydrogen-bond acceptors (Lipinski definition) is 6. The SMILES string of the molecule is CCOc1cc(C#N)cc(Br)c1OCC(=O)NCC(=O)Nc1cccnc1. The molecule has 27 heavy (non-hydrogen) atoms. The second kappa shape index (κ2) is 10.1. The van der Waals surface area contributed by atoms with Crippen LogP contribution in [0.3, 0.4) is 0 Å². The summed E-state index contributed by atoms with van der Waals surface area (Å²) in [5.41, 5.74) is 0.935. The van der Waals surface area contributed by atoms with Crippen LogP contribution in [0.4, 0.5) is 5.69 Å². The topological polar surface area (TPSA) is 113 Å². The smallest absolute Gasteiger partial charge is 0.258 e. The average Bonchev–Trinajstić information content (AvgIpc) is 2.66. The van der Waals surface area contributed by atoms with Gasteiger partial charge in [-0.3, -0.25) is 14.6 Å². The van der Waals surface area contributed by atoms with Crippen molar-refractivity contribution in [1.82, 2.24) is 10.3 Å². The van der Waals surface area contributed by atoms with E-state index in [1.165, 1.54) is 12.3 Å². The summed E-state index contributed by atoms with van der Waals surface area (Å²) < 4.78 is 11.4. The number of aromatic nitrogens is 1. The minimum Gasteiger partial charge on any atom is -0.490 e. The van der Waals surface area contributed by atoms with Crippen LogP contribution >= 0.6 is 15.9 Å². The van der Waals surface area contributed by atoms with Crippen molar-refractivity contribution in [2.45, 2.75) is 6.92 Å². The fraction of sp³-hybridized carbons (Fsp3) is 0.222. The number of carbonyl (C=O) groups excluding carboxylic acids is 2. The van der Waals surface area contributed by atoms with Gasteiger partial charge in [-0.15, -0.1) is 0 Å². The predicted molar refractivity (Wildman–Crippen MR) is 101 cm³/mol. The number of halogens is 1. The average molecular weight is 433 g/mol. The number of rotatable bonds is 8. The number of benzene rings is 1. The molecule has 0 bridgehead atoms. The number of hydrogen-bond donors (Lipinski definition) is 2. The van der Waals surface area contributed by atoms with Crippen molar-refractivity contribution < 1.29 is 19.1 Å². The van der Waals surface area contributed by atoms with Crippen LogP contribution in [0.1, 0.15) is 12.5 Å². The minimum absolute atomic E-state index is 0.204. The number of carbonyl (C=O) groups is 2. The number of ether oxygens (including phenoxy) is 2. The van der Waals surface area contributed by atoms with Gasteiger partial charge in [0.15, 0.2) is 18.1 Å². The maximum absolute atomic E-state index is 11.9. The largest absolute Gasteiger partial charge is 0.490 e. The molecule has 0 radical (unpaired) electrons. The third-order valence-electron chi connectivity index (χ3n) is 3.18. The van der Waals surface area contributed by atoms with Crippen LogP contribution in [0, 0.1) is 11.3 Å². The quantitative estimate of drug-likeness (QED) is 0.660. The number of nitrogens with one attached hydrogen (secondary N) is 2. The Kier molecular flexibility index (Phi) is 7.58. The highest BCUT2D eigenvalue weighted by Gasteiger charge is 2.14. The first-order chi connectivity index (χ1) is 13.0. The van der Waals surface area contributed by atoms with Gasteiger partial charge in [0.2, 0.25) is 5.91 Å². The summed E-state index contributed by atoms with van der Waals surface area (Å²) in [5, 5.41) is 14.1. The van der Waals surface area contributed by atoms with Gasteiger partial charge in [-0.1, -0.05) is 0 Å². The number of pyridine rings is 1. The molecule has 0 spiro atoms. The van der Waals surface area contributed by atoms with E-state index in [2.05, 4.69) is 31.5 Å². The highest BCUT2D eigenvalue weighted by atomic mass is 79.9. The maximum atomic E-state index is 11.9. The summed E-state index contributed by atoms with van der Waals surface area (Å²) in [4.78, 5) is 27.6. The zero-order valence-corrected chi connectivity index (χ0v) is 16.1. The Morgan fingerprint density at radius 2 is 2.11 bits per heavy atom. The van der Waals surface area contributed by atoms with Gasteiger partial charge in [0, 0.05) is 12.3 Å². The van der Waals surface area contributed by atoms with Crippen LogP contribution in [0.5, 0.6) is 11.5 Å². The van der Waals surface area contributed by atoms with E-state index in [4.69, 9.17) is 14.7 Å². The van der Waals surface area contributed by atoms with E-state index in [0.717, 1.165) is 0 Å². The van der Waals surface area contributed by atoms with E-state index in [-0.39, 0.29) is 19.1 Å². The van der Waals surface area contributed by atoms with Crippen molar-refractivity contribution in [3.05, 3.63) is 46.7 Å². The summed E-state index contributed by atoms with van der Waals surface area (Å²) in [6, 6.07) is 8.49. The summed E-state index contributed by atoms with van der Waals surface area (Å²) in [7, 11) is 0. The summed E-state index contributed by atoms with van der Waals surface area (Å²) in [6.45, 7) is 1.65. The minimum atomic E-state index is -0.477. The molecule has 0 unspecified atom stereocenters. The molecule has 2 rings (SSSR count). The Bertz CT molecular complexity index is 852. The molecule has 2 aromatic rings. The van der Waals surface area contributed by atoms with E-state index < -0.39 is 5.91 Å². The molecule has 0 aliphatic carbocycles. The van der Waals surface area contributed by atoms with Crippen molar-refractivity contribution in [1.29, 1.82) is 5.26 Å². The third-order valence-corrected chi connectivity index (χ3v) is 3.77. The molecule has 0 saturated heterocycles. The normalized spacial score (nSPS) is 9.81. The molecule has 0 atom stereocenters. The monoisotopic (exact) mass is 432 g/mol. The van der Waals surface area contributed by atoms with E-state index in [0.29, 0.717) is 33.8 Å². The lowest BCUT2D eigenvalue weighted by atomic mass is 10.2. The Hall–Kier alpha value is -3.12. The Morgan fingerprint density at radius 1 is 1.30 bits per heavy atom. The molecule has 2 amide bonds. The van der Waals surface area contributed by atoms with Crippen LogP contribution < -0.4 is 20.1 Å². The number of amides is 2. The molecule has 1 aromatic carbocycles. The van der Waals surface area contributed by atoms with Crippen LogP contribution in [0.2, 0.25) is 0 Å². The van der Waals surface area contributed by atoms with Gasteiger partial charge in [0.25, 0.3) is 5.91 Å². The molecule has 0 saturated carbocycles. The van der Waals surface area contributed by atoms with E-state index in [1.54, 1.807) is 31.3 Å². The Labute approximate surface area is 164 Å². The molecule has 9 heteroatoms. The van der Waals surface area contributed by atoms with Crippen molar-refractivity contribution in [3.8, 4) is 17.6 Å². The first-order valence-corrected chi connectivity index (χ1v) is 8.78. The van der Waals surface area contributed by atoms with Gasteiger partial charge >= 0.3 is 0 Å². The molecule has 1 aromatic heterocycles. The molecule has 0 fully saturated rings. The van der Waals surface area contributed by atoms with E-state index in [9.17, 15) is 9.59 Å². The van der Waals surface area contributed by atoms with Gasteiger partial charge < -0.3 is 20.1 Å². The van der Waals surface area contributed by atoms with Crippen molar-refractivity contribution in [2.24, 2.45) is 0 Å². The first-order valence-electron chi connectivity index (χ1n) is 7.99. The van der Waals surface area contributed by atoms with E-state index >= 15 is 0 Å². The molecule has 1 heterocycles. The van der Waals surface area contributed by atoms with Crippen LogP contribution in [-0.2, 0) is 9.59 Å². The van der Waals surface area contributed by atoms with Gasteiger partial charge in [-0.05, 0) is 41.1 Å². The molecular formula is C18H17BrN4O4. The first kappa shape index (κ1) is 20.2. The zero-order valence-electron chi connectivity index (χ0n) is 14.5. The van der Waals surface area contributed by atoms with Crippen molar-refractivity contribution in [2.75, 3.05) is 25.1 Å². The lowest BCUT2D eigenvalue weighted by Gasteiger charge is -2.14. The number of nitrogens with zero attached hydrogens (tertiary/aromatic N) is 2. The standard InChI is InChI=1S/C18H17BrN4O4/c1-2-26-15-7-12(8-20)6-14(19)18(15)27-11-17(25)22-10-16(24)23-13-4-3-5-21-9-13/h3-7,9H,2,10-11H2,1H3,(H,22,25)(H,23,24). The molecule has 0 aliphatic rings.